The normalized spacial score (nSPS) is 20.8. The molecule has 2 unspecified atom stereocenters. The number of esters is 2. The quantitative estimate of drug-likeness (QED) is 0.0153. The fraction of sp³-hybridized carbons (Fsp3) is 0.680. The van der Waals surface area contributed by atoms with Crippen LogP contribution in [0, 0.1) is 5.92 Å². The minimum absolute atomic E-state index is 0.0262. The number of rotatable bonds is 37. The Morgan fingerprint density at radius 1 is 0.734 bits per heavy atom. The Balaban J connectivity index is 2.57. The number of aliphatic hydroxyl groups excluding tert-OH is 3. The molecule has 0 saturated carbocycles. The molecule has 0 radical (unpaired) electrons. The van der Waals surface area contributed by atoms with Crippen LogP contribution >= 0.6 is 7.82 Å². The fourth-order valence-corrected chi connectivity index (χ4v) is 7.13. The highest BCUT2D eigenvalue weighted by atomic mass is 31.2. The van der Waals surface area contributed by atoms with Gasteiger partial charge in [0.1, 0.15) is 19.8 Å². The summed E-state index contributed by atoms with van der Waals surface area (Å²) in [5, 5.41) is 31.1. The maximum Gasteiger partial charge on any atom is 0.472 e. The lowest BCUT2D eigenvalue weighted by Crippen LogP contribution is -2.43. The predicted molar refractivity (Wildman–Crippen MR) is 255 cm³/mol. The summed E-state index contributed by atoms with van der Waals surface area (Å²) in [4.78, 5) is 35.6. The number of aliphatic hydroxyl groups is 3. The van der Waals surface area contributed by atoms with Gasteiger partial charge in [0.25, 0.3) is 0 Å². The summed E-state index contributed by atoms with van der Waals surface area (Å²) in [5.74, 6) is -1.42. The van der Waals surface area contributed by atoms with Crippen LogP contribution in [0.2, 0.25) is 0 Å². The van der Waals surface area contributed by atoms with E-state index in [9.17, 15) is 34.4 Å². The van der Waals surface area contributed by atoms with Crippen molar-refractivity contribution in [1.29, 1.82) is 0 Å². The van der Waals surface area contributed by atoms with Crippen LogP contribution in [0.5, 0.6) is 0 Å². The van der Waals surface area contributed by atoms with Crippen molar-refractivity contribution in [3.63, 3.8) is 0 Å². The van der Waals surface area contributed by atoms with Crippen molar-refractivity contribution in [2.75, 3.05) is 47.5 Å². The molecule has 14 heteroatoms. The van der Waals surface area contributed by atoms with E-state index >= 15 is 0 Å². The van der Waals surface area contributed by atoms with Crippen molar-refractivity contribution in [3.05, 3.63) is 85.1 Å². The van der Waals surface area contributed by atoms with Gasteiger partial charge in [-0.25, -0.2) is 4.57 Å². The molecule has 366 valence electrons. The zero-order valence-corrected chi connectivity index (χ0v) is 40.7. The molecule has 1 fully saturated rings. The predicted octanol–water partition coefficient (Wildman–Crippen LogP) is 9.68. The van der Waals surface area contributed by atoms with Gasteiger partial charge in [-0.1, -0.05) is 131 Å². The van der Waals surface area contributed by atoms with Gasteiger partial charge in [-0.2, -0.15) is 0 Å². The average Bonchev–Trinajstić information content (AvgIpc) is 3.23. The lowest BCUT2D eigenvalue weighted by atomic mass is 9.87. The standard InChI is InChI=1S/C50H84NO12P/c1-6-8-10-11-12-13-14-15-16-17-18-19-20-21-22-23-24-25-30-34-48(54)59-41-44(42-61-64(57,58)60-39-38-51(3,4)5)62-49(55)35-31-27-26-29-33-45-46(53)40-50(56)63-47(45)37-36-43(52)32-28-9-7-2/h12-13,15-16,18-19,21-22,24-26,29,36-37,43-47,50,52-53,56H,6-11,14,17,20,23,27-28,30-35,38-42H2,1-5H3/p+1/b13-12-,16-15-,19-18-,22-21-,25-24-,29-26-,37-36+/t43-,44+,45-,46-,47+,50?/m0/s1. The van der Waals surface area contributed by atoms with Gasteiger partial charge in [-0.3, -0.25) is 18.6 Å². The van der Waals surface area contributed by atoms with E-state index in [1.807, 2.05) is 45.4 Å². The summed E-state index contributed by atoms with van der Waals surface area (Å²) >= 11 is 0. The molecule has 1 heterocycles. The maximum absolute atomic E-state index is 12.8. The number of allylic oxidation sites excluding steroid dienone is 12. The van der Waals surface area contributed by atoms with Gasteiger partial charge in [0.2, 0.25) is 0 Å². The monoisotopic (exact) mass is 923 g/mol. The molecule has 0 spiro atoms. The molecule has 0 aromatic carbocycles. The van der Waals surface area contributed by atoms with Gasteiger partial charge in [0, 0.05) is 25.2 Å². The lowest BCUT2D eigenvalue weighted by Gasteiger charge is -2.36. The van der Waals surface area contributed by atoms with Crippen LogP contribution < -0.4 is 0 Å². The number of hydrogen-bond acceptors (Lipinski definition) is 11. The second kappa shape index (κ2) is 37.2. The van der Waals surface area contributed by atoms with Crippen LogP contribution in [0.3, 0.4) is 0 Å². The second-order valence-electron chi connectivity index (χ2n) is 17.3. The van der Waals surface area contributed by atoms with E-state index < -0.39 is 57.1 Å². The number of hydrogen-bond donors (Lipinski definition) is 4. The highest BCUT2D eigenvalue weighted by molar-refractivity contribution is 7.47. The van der Waals surface area contributed by atoms with Gasteiger partial charge in [-0.05, 0) is 70.6 Å². The molecular weight excluding hydrogens is 838 g/mol. The molecule has 0 aromatic rings. The summed E-state index contributed by atoms with van der Waals surface area (Å²) < 4.78 is 39.9. The first kappa shape index (κ1) is 59.0. The van der Waals surface area contributed by atoms with Crippen molar-refractivity contribution < 1.29 is 62.1 Å². The summed E-state index contributed by atoms with van der Waals surface area (Å²) in [5.41, 5.74) is 0. The van der Waals surface area contributed by atoms with Crippen LogP contribution in [0.25, 0.3) is 0 Å². The molecule has 1 saturated heterocycles. The third-order valence-electron chi connectivity index (χ3n) is 10.2. The molecule has 1 aliphatic rings. The minimum atomic E-state index is -4.48. The molecule has 64 heavy (non-hydrogen) atoms. The first-order chi connectivity index (χ1) is 30.7. The van der Waals surface area contributed by atoms with Gasteiger partial charge in [-0.15, -0.1) is 0 Å². The SMILES string of the molecule is CCCCC/C=C\C/C=C\C/C=C\C/C=C\C/C=C\CCC(=O)OC[C@H](COP(=O)(O)OCC[N+](C)(C)C)OC(=O)CCC/C=C\C[C@H]1[C@@H](O)CC(O)O[C@@H]1/C=C/[C@@H](O)CCCCC. The molecule has 0 aliphatic carbocycles. The molecule has 13 nitrogen and oxygen atoms in total. The molecule has 1 rings (SSSR count). The van der Waals surface area contributed by atoms with E-state index in [-0.39, 0.29) is 38.4 Å². The molecule has 7 atom stereocenters. The van der Waals surface area contributed by atoms with Crippen LogP contribution in [0.4, 0.5) is 0 Å². The Hall–Kier alpha value is -2.97. The van der Waals surface area contributed by atoms with E-state index in [2.05, 4.69) is 62.5 Å². The van der Waals surface area contributed by atoms with E-state index in [4.69, 9.17) is 23.3 Å². The highest BCUT2D eigenvalue weighted by Crippen LogP contribution is 2.43. The maximum atomic E-state index is 12.8. The first-order valence-electron chi connectivity index (χ1n) is 23.7. The third kappa shape index (κ3) is 34.4. The Morgan fingerprint density at radius 2 is 1.31 bits per heavy atom. The minimum Gasteiger partial charge on any atom is -0.462 e. The number of carbonyl (C=O) groups excluding carboxylic acids is 2. The molecular formula is C50H85NO12P+. The van der Waals surface area contributed by atoms with Crippen molar-refractivity contribution in [1.82, 2.24) is 0 Å². The number of likely N-dealkylation sites (N-methyl/N-ethyl adjacent to an activating group) is 1. The van der Waals surface area contributed by atoms with Crippen LogP contribution in [0.15, 0.2) is 85.1 Å². The number of ether oxygens (including phenoxy) is 3. The Bertz CT molecular complexity index is 1480. The van der Waals surface area contributed by atoms with Crippen molar-refractivity contribution in [2.24, 2.45) is 5.92 Å². The smallest absolute Gasteiger partial charge is 0.462 e. The van der Waals surface area contributed by atoms with Crippen molar-refractivity contribution >= 4 is 19.8 Å². The van der Waals surface area contributed by atoms with Gasteiger partial charge >= 0.3 is 19.8 Å². The summed E-state index contributed by atoms with van der Waals surface area (Å²) in [6.07, 6.45) is 38.4. The fourth-order valence-electron chi connectivity index (χ4n) is 6.39. The number of unbranched alkanes of at least 4 members (excludes halogenated alkanes) is 6. The summed E-state index contributed by atoms with van der Waals surface area (Å²) in [6, 6.07) is 0. The van der Waals surface area contributed by atoms with Crippen LogP contribution in [-0.4, -0.2) is 115 Å². The zero-order chi connectivity index (χ0) is 47.3. The van der Waals surface area contributed by atoms with E-state index in [0.29, 0.717) is 43.1 Å². The van der Waals surface area contributed by atoms with E-state index in [1.54, 1.807) is 12.2 Å². The Labute approximate surface area is 385 Å². The largest absolute Gasteiger partial charge is 0.472 e. The molecule has 0 amide bonds. The number of nitrogens with zero attached hydrogens (tertiary/aromatic N) is 1. The third-order valence-corrected chi connectivity index (χ3v) is 11.2. The van der Waals surface area contributed by atoms with E-state index in [0.717, 1.165) is 44.9 Å². The van der Waals surface area contributed by atoms with Gasteiger partial charge < -0.3 is 38.9 Å². The van der Waals surface area contributed by atoms with Gasteiger partial charge in [0.05, 0.1) is 46.1 Å². The van der Waals surface area contributed by atoms with Crippen molar-refractivity contribution in [2.45, 2.75) is 167 Å². The first-order valence-corrected chi connectivity index (χ1v) is 25.2. The van der Waals surface area contributed by atoms with Crippen LogP contribution in [-0.2, 0) is 37.4 Å². The number of carbonyl (C=O) groups is 2. The Morgan fingerprint density at radius 3 is 1.94 bits per heavy atom. The lowest BCUT2D eigenvalue weighted by molar-refractivity contribution is -0.870. The van der Waals surface area contributed by atoms with Gasteiger partial charge in [0.15, 0.2) is 12.4 Å². The molecule has 4 N–H and O–H groups in total. The zero-order valence-electron chi connectivity index (χ0n) is 39.8. The topological polar surface area (TPSA) is 178 Å². The molecule has 0 aromatic heterocycles. The summed E-state index contributed by atoms with van der Waals surface area (Å²) in [7, 11) is 1.26. The molecule has 1 aliphatic heterocycles. The van der Waals surface area contributed by atoms with Crippen LogP contribution in [0.1, 0.15) is 136 Å². The second-order valence-corrected chi connectivity index (χ2v) is 18.8. The highest BCUT2D eigenvalue weighted by Gasteiger charge is 2.35. The average molecular weight is 923 g/mol. The Kier molecular flexibility index (Phi) is 34.3. The number of phosphoric ester groups is 1. The molecule has 0 bridgehead atoms. The number of quaternary nitrogens is 1. The van der Waals surface area contributed by atoms with Crippen molar-refractivity contribution in [3.8, 4) is 0 Å². The number of phosphoric acid groups is 1. The van der Waals surface area contributed by atoms with E-state index in [1.165, 1.54) is 25.7 Å². The summed E-state index contributed by atoms with van der Waals surface area (Å²) in [6.45, 7) is 3.86.